The minimum atomic E-state index is -0.687. The van der Waals surface area contributed by atoms with E-state index in [4.69, 9.17) is 16.3 Å². The van der Waals surface area contributed by atoms with Gasteiger partial charge in [-0.1, -0.05) is 0 Å². The van der Waals surface area contributed by atoms with Crippen LogP contribution in [-0.4, -0.2) is 48.1 Å². The summed E-state index contributed by atoms with van der Waals surface area (Å²) in [4.78, 5) is 24.8. The molecule has 0 saturated carbocycles. The number of hydrogen-bond donors (Lipinski definition) is 0. The zero-order valence-electron chi connectivity index (χ0n) is 11.7. The van der Waals surface area contributed by atoms with E-state index in [1.807, 2.05) is 0 Å². The highest BCUT2D eigenvalue weighted by Crippen LogP contribution is 2.13. The minimum absolute atomic E-state index is 0.356. The predicted molar refractivity (Wildman–Crippen MR) is 69.8 cm³/mol. The zero-order chi connectivity index (χ0) is 14.3. The van der Waals surface area contributed by atoms with Crippen molar-refractivity contribution in [1.82, 2.24) is 4.90 Å². The summed E-state index contributed by atoms with van der Waals surface area (Å²) in [6.45, 7) is 7.27. The Morgan fingerprint density at radius 3 is 2.28 bits per heavy atom. The molecule has 0 spiro atoms. The lowest BCUT2D eigenvalue weighted by molar-refractivity contribution is -0.146. The van der Waals surface area contributed by atoms with Crippen LogP contribution in [0.1, 0.15) is 34.1 Å². The molecule has 0 aliphatic carbocycles. The molecular weight excluding hydrogens is 258 g/mol. The molecule has 0 aliphatic heterocycles. The number of nitrogens with zero attached hydrogens (tertiary/aromatic N) is 1. The van der Waals surface area contributed by atoms with Crippen molar-refractivity contribution in [2.24, 2.45) is 0 Å². The van der Waals surface area contributed by atoms with Crippen LogP contribution in [0.4, 0.5) is 4.79 Å². The van der Waals surface area contributed by atoms with Gasteiger partial charge in [-0.3, -0.25) is 4.90 Å². The predicted octanol–water partition coefficient (Wildman–Crippen LogP) is 2.41. The molecular formula is C12H22ClNO4. The minimum Gasteiger partial charge on any atom is -0.467 e. The van der Waals surface area contributed by atoms with Crippen molar-refractivity contribution in [1.29, 1.82) is 0 Å². The van der Waals surface area contributed by atoms with Crippen molar-refractivity contribution in [3.05, 3.63) is 0 Å². The van der Waals surface area contributed by atoms with Crippen molar-refractivity contribution in [2.75, 3.05) is 19.5 Å². The lowest BCUT2D eigenvalue weighted by Gasteiger charge is -2.30. The van der Waals surface area contributed by atoms with Gasteiger partial charge in [0.05, 0.1) is 7.11 Å². The highest BCUT2D eigenvalue weighted by Gasteiger charge is 2.29. The Morgan fingerprint density at radius 1 is 1.33 bits per heavy atom. The van der Waals surface area contributed by atoms with Gasteiger partial charge in [0.2, 0.25) is 0 Å². The number of halogens is 1. The molecule has 0 aromatic rings. The molecule has 5 nitrogen and oxygen atoms in total. The third-order valence-electron chi connectivity index (χ3n) is 2.17. The van der Waals surface area contributed by atoms with Gasteiger partial charge in [0.1, 0.15) is 11.6 Å². The van der Waals surface area contributed by atoms with Crippen LogP contribution in [0.2, 0.25) is 0 Å². The average Bonchev–Trinajstić information content (AvgIpc) is 2.25. The largest absolute Gasteiger partial charge is 0.467 e. The first kappa shape index (κ1) is 17.0. The molecule has 0 bridgehead atoms. The Morgan fingerprint density at radius 2 is 1.89 bits per heavy atom. The summed E-state index contributed by atoms with van der Waals surface area (Å²) < 4.78 is 9.88. The van der Waals surface area contributed by atoms with Gasteiger partial charge in [-0.25, -0.2) is 9.59 Å². The van der Waals surface area contributed by atoms with Gasteiger partial charge in [0.25, 0.3) is 0 Å². The lowest BCUT2D eigenvalue weighted by Crippen LogP contribution is -2.46. The van der Waals surface area contributed by atoms with E-state index in [9.17, 15) is 9.59 Å². The van der Waals surface area contributed by atoms with Crippen LogP contribution in [0, 0.1) is 0 Å². The first-order chi connectivity index (χ1) is 8.22. The molecule has 0 aromatic heterocycles. The van der Waals surface area contributed by atoms with Gasteiger partial charge in [0.15, 0.2) is 0 Å². The van der Waals surface area contributed by atoms with E-state index >= 15 is 0 Å². The molecule has 0 saturated heterocycles. The number of rotatable bonds is 5. The molecule has 18 heavy (non-hydrogen) atoms. The van der Waals surface area contributed by atoms with Crippen molar-refractivity contribution in [3.8, 4) is 0 Å². The molecule has 0 fully saturated rings. The van der Waals surface area contributed by atoms with Gasteiger partial charge in [0, 0.05) is 12.4 Å². The summed E-state index contributed by atoms with van der Waals surface area (Å²) >= 11 is 5.61. The summed E-state index contributed by atoms with van der Waals surface area (Å²) in [6.07, 6.45) is 0.0489. The quantitative estimate of drug-likeness (QED) is 0.573. The van der Waals surface area contributed by atoms with Crippen LogP contribution in [0.3, 0.4) is 0 Å². The van der Waals surface area contributed by atoms with Crippen LogP contribution in [0.25, 0.3) is 0 Å². The SMILES string of the molecule is COC(=O)[C@@H](C)N(CCCCl)C(=O)OC(C)(C)C. The topological polar surface area (TPSA) is 55.8 Å². The first-order valence-electron chi connectivity index (χ1n) is 5.86. The van der Waals surface area contributed by atoms with Crippen LogP contribution in [0.5, 0.6) is 0 Å². The van der Waals surface area contributed by atoms with Crippen LogP contribution in [-0.2, 0) is 14.3 Å². The molecule has 0 N–H and O–H groups in total. The van der Waals surface area contributed by atoms with E-state index in [1.165, 1.54) is 12.0 Å². The number of hydrogen-bond acceptors (Lipinski definition) is 4. The molecule has 1 atom stereocenters. The molecule has 0 heterocycles. The Balaban J connectivity index is 4.76. The molecule has 6 heteroatoms. The maximum Gasteiger partial charge on any atom is 0.411 e. The van der Waals surface area contributed by atoms with Gasteiger partial charge < -0.3 is 9.47 Å². The van der Waals surface area contributed by atoms with E-state index < -0.39 is 23.7 Å². The van der Waals surface area contributed by atoms with E-state index in [0.29, 0.717) is 18.8 Å². The Bertz CT molecular complexity index is 288. The Kier molecular flexibility index (Phi) is 7.06. The van der Waals surface area contributed by atoms with Crippen molar-refractivity contribution < 1.29 is 19.1 Å². The number of alkyl halides is 1. The molecule has 106 valence electrons. The molecule has 0 radical (unpaired) electrons. The fourth-order valence-corrected chi connectivity index (χ4v) is 1.41. The average molecular weight is 280 g/mol. The highest BCUT2D eigenvalue weighted by molar-refractivity contribution is 6.17. The second-order valence-corrected chi connectivity index (χ2v) is 5.29. The van der Waals surface area contributed by atoms with E-state index in [2.05, 4.69) is 4.74 Å². The molecule has 1 amide bonds. The number of methoxy groups -OCH3 is 1. The summed E-state index contributed by atoms with van der Waals surface area (Å²) in [7, 11) is 1.29. The summed E-state index contributed by atoms with van der Waals surface area (Å²) in [5.41, 5.74) is -0.605. The standard InChI is InChI=1S/C12H22ClNO4/c1-9(10(15)17-5)14(8-6-7-13)11(16)18-12(2,3)4/h9H,6-8H2,1-5H3/t9-/m1/s1. The summed E-state index contributed by atoms with van der Waals surface area (Å²) in [5, 5.41) is 0. The Hall–Kier alpha value is -0.970. The fraction of sp³-hybridized carbons (Fsp3) is 0.833. The first-order valence-corrected chi connectivity index (χ1v) is 6.39. The maximum atomic E-state index is 12.0. The smallest absolute Gasteiger partial charge is 0.411 e. The normalized spacial score (nSPS) is 12.8. The summed E-state index contributed by atoms with van der Waals surface area (Å²) in [5.74, 6) is -0.0665. The number of carbonyl (C=O) groups excluding carboxylic acids is 2. The van der Waals surface area contributed by atoms with Gasteiger partial charge in [-0.2, -0.15) is 0 Å². The van der Waals surface area contributed by atoms with E-state index in [-0.39, 0.29) is 0 Å². The van der Waals surface area contributed by atoms with E-state index in [0.717, 1.165) is 0 Å². The second kappa shape index (κ2) is 7.46. The maximum absolute atomic E-state index is 12.0. The second-order valence-electron chi connectivity index (χ2n) is 4.92. The van der Waals surface area contributed by atoms with Gasteiger partial charge >= 0.3 is 12.1 Å². The molecule has 0 unspecified atom stereocenters. The molecule has 0 rings (SSSR count). The van der Waals surface area contributed by atoms with Crippen LogP contribution >= 0.6 is 11.6 Å². The Labute approximate surface area is 113 Å². The number of amides is 1. The van der Waals surface area contributed by atoms with E-state index in [1.54, 1.807) is 27.7 Å². The number of esters is 1. The molecule has 0 aromatic carbocycles. The van der Waals surface area contributed by atoms with Crippen molar-refractivity contribution in [2.45, 2.75) is 45.8 Å². The van der Waals surface area contributed by atoms with Crippen molar-refractivity contribution in [3.63, 3.8) is 0 Å². The van der Waals surface area contributed by atoms with Crippen LogP contribution in [0.15, 0.2) is 0 Å². The third-order valence-corrected chi connectivity index (χ3v) is 2.44. The summed E-state index contributed by atoms with van der Waals surface area (Å²) in [6, 6.07) is -0.687. The third kappa shape index (κ3) is 6.10. The highest BCUT2D eigenvalue weighted by atomic mass is 35.5. The lowest BCUT2D eigenvalue weighted by atomic mass is 10.2. The zero-order valence-corrected chi connectivity index (χ0v) is 12.4. The van der Waals surface area contributed by atoms with Crippen molar-refractivity contribution >= 4 is 23.7 Å². The van der Waals surface area contributed by atoms with Gasteiger partial charge in [-0.15, -0.1) is 11.6 Å². The molecule has 0 aliphatic rings. The monoisotopic (exact) mass is 279 g/mol. The number of ether oxygens (including phenoxy) is 2. The number of carbonyl (C=O) groups is 2. The van der Waals surface area contributed by atoms with Gasteiger partial charge in [-0.05, 0) is 34.1 Å². The van der Waals surface area contributed by atoms with Crippen LogP contribution < -0.4 is 0 Å². The fourth-order valence-electron chi connectivity index (χ4n) is 1.29.